The van der Waals surface area contributed by atoms with Crippen molar-refractivity contribution < 1.29 is 8.83 Å². The SMILES string of the molecule is O=c1c2cc(-n3c4ccccc4c4ccccc43)ccc2oc2ccc(-n3c4ccccc4c4ccccc43)cc12.O=c1c2ccc(-c3ccc(-n4c5ccccc5c5ccccc54)cc3)cc2oc2ccc(-c3ccc(-n4c5ccccc5c5ccccc54)cc3)cc12. The average Bonchev–Trinajstić information content (AvgIpc) is 1.44. The number of hydrogen-bond donors (Lipinski definition) is 0. The van der Waals surface area contributed by atoms with Crippen molar-refractivity contribution in [3.63, 3.8) is 0 Å². The summed E-state index contributed by atoms with van der Waals surface area (Å²) in [5.74, 6) is 0. The summed E-state index contributed by atoms with van der Waals surface area (Å²) in [6.07, 6.45) is 0. The van der Waals surface area contributed by atoms with Gasteiger partial charge < -0.3 is 27.1 Å². The lowest BCUT2D eigenvalue weighted by Crippen LogP contribution is -2.05. The Balaban J connectivity index is 0.000000138. The third-order valence-electron chi connectivity index (χ3n) is 19.1. The Kier molecular flexibility index (Phi) is 11.8. The van der Waals surface area contributed by atoms with E-state index >= 15 is 0 Å². The van der Waals surface area contributed by atoms with Crippen molar-refractivity contribution in [2.24, 2.45) is 0 Å². The van der Waals surface area contributed by atoms with Gasteiger partial charge in [-0.3, -0.25) is 9.59 Å². The van der Waals surface area contributed by atoms with Crippen LogP contribution in [0.4, 0.5) is 0 Å². The molecule has 0 amide bonds. The van der Waals surface area contributed by atoms with Crippen LogP contribution >= 0.6 is 0 Å². The van der Waals surface area contributed by atoms with Crippen LogP contribution in [-0.4, -0.2) is 18.3 Å². The fourth-order valence-electron chi connectivity index (χ4n) is 14.7. The fraction of sp³-hybridized carbons (Fsp3) is 0. The van der Waals surface area contributed by atoms with Gasteiger partial charge in [0.15, 0.2) is 0 Å². The van der Waals surface area contributed by atoms with Crippen LogP contribution in [0.5, 0.6) is 0 Å². The Labute approximate surface area is 536 Å². The second kappa shape index (κ2) is 20.9. The zero-order valence-corrected chi connectivity index (χ0v) is 50.4. The molecule has 8 heteroatoms. The average molecular weight is 1210 g/mol. The molecule has 0 saturated carbocycles. The minimum atomic E-state index is -0.0357. The molecule has 0 aliphatic heterocycles. The zero-order valence-electron chi connectivity index (χ0n) is 50.4. The number of hydrogen-bond acceptors (Lipinski definition) is 4. The molecule has 0 bridgehead atoms. The summed E-state index contributed by atoms with van der Waals surface area (Å²) < 4.78 is 21.8. The fourth-order valence-corrected chi connectivity index (χ4v) is 14.7. The molecule has 0 N–H and O–H groups in total. The van der Waals surface area contributed by atoms with Crippen LogP contribution in [0.2, 0.25) is 0 Å². The molecule has 0 fully saturated rings. The zero-order chi connectivity index (χ0) is 62.1. The van der Waals surface area contributed by atoms with Crippen molar-refractivity contribution in [3.8, 4) is 45.0 Å². The third kappa shape index (κ3) is 8.19. The Morgan fingerprint density at radius 1 is 0.181 bits per heavy atom. The molecule has 20 rings (SSSR count). The topological polar surface area (TPSA) is 80.1 Å². The van der Waals surface area contributed by atoms with Crippen molar-refractivity contribution in [3.05, 3.63) is 336 Å². The van der Waals surface area contributed by atoms with E-state index < -0.39 is 0 Å². The molecule has 440 valence electrons. The van der Waals surface area contributed by atoms with Gasteiger partial charge in [0, 0.05) is 65.8 Å². The van der Waals surface area contributed by atoms with Gasteiger partial charge >= 0.3 is 0 Å². The summed E-state index contributed by atoms with van der Waals surface area (Å²) >= 11 is 0. The molecule has 0 radical (unpaired) electrons. The predicted molar refractivity (Wildman–Crippen MR) is 388 cm³/mol. The third-order valence-corrected chi connectivity index (χ3v) is 19.1. The highest BCUT2D eigenvalue weighted by Gasteiger charge is 2.20. The lowest BCUT2D eigenvalue weighted by molar-refractivity contribution is 0.659. The van der Waals surface area contributed by atoms with E-state index in [1.165, 1.54) is 65.2 Å². The van der Waals surface area contributed by atoms with Gasteiger partial charge in [0.25, 0.3) is 0 Å². The molecular formula is C86H52N4O4. The molecule has 0 unspecified atom stereocenters. The summed E-state index contributed by atoms with van der Waals surface area (Å²) in [7, 11) is 0. The predicted octanol–water partition coefficient (Wildman–Crippen LogP) is 21.6. The Morgan fingerprint density at radius 3 is 0.777 bits per heavy atom. The van der Waals surface area contributed by atoms with Crippen molar-refractivity contribution in [1.29, 1.82) is 0 Å². The van der Waals surface area contributed by atoms with E-state index in [1.54, 1.807) is 0 Å². The van der Waals surface area contributed by atoms with Crippen LogP contribution in [0.3, 0.4) is 0 Å². The van der Waals surface area contributed by atoms with Crippen molar-refractivity contribution in [2.75, 3.05) is 0 Å². The van der Waals surface area contributed by atoms with Crippen molar-refractivity contribution in [2.45, 2.75) is 0 Å². The van der Waals surface area contributed by atoms with Gasteiger partial charge in [-0.2, -0.15) is 0 Å². The molecule has 6 heterocycles. The smallest absolute Gasteiger partial charge is 0.200 e. The second-order valence-corrected chi connectivity index (χ2v) is 24.2. The highest BCUT2D eigenvalue weighted by Crippen LogP contribution is 2.39. The molecule has 0 aliphatic rings. The van der Waals surface area contributed by atoms with E-state index in [4.69, 9.17) is 8.83 Å². The van der Waals surface area contributed by atoms with Gasteiger partial charge in [-0.1, -0.05) is 182 Å². The molecule has 0 aliphatic carbocycles. The number of para-hydroxylation sites is 8. The molecule has 6 aromatic heterocycles. The van der Waals surface area contributed by atoms with Crippen LogP contribution in [-0.2, 0) is 0 Å². The summed E-state index contributed by atoms with van der Waals surface area (Å²) in [6, 6.07) is 108. The normalized spacial score (nSPS) is 11.9. The van der Waals surface area contributed by atoms with Crippen LogP contribution in [0.25, 0.3) is 176 Å². The number of benzene rings is 14. The van der Waals surface area contributed by atoms with Gasteiger partial charge in [0.1, 0.15) is 22.3 Å². The largest absolute Gasteiger partial charge is 0.456 e. The van der Waals surface area contributed by atoms with Crippen molar-refractivity contribution >= 4 is 131 Å². The van der Waals surface area contributed by atoms with E-state index in [-0.39, 0.29) is 10.9 Å². The summed E-state index contributed by atoms with van der Waals surface area (Å²) in [6.45, 7) is 0. The van der Waals surface area contributed by atoms with E-state index in [2.05, 4.69) is 261 Å². The molecule has 0 spiro atoms. The first kappa shape index (κ1) is 53.1. The monoisotopic (exact) mass is 1200 g/mol. The Morgan fingerprint density at radius 2 is 0.426 bits per heavy atom. The molecule has 14 aromatic carbocycles. The van der Waals surface area contributed by atoms with Crippen LogP contribution in [0.15, 0.2) is 334 Å². The molecule has 94 heavy (non-hydrogen) atoms. The maximum absolute atomic E-state index is 14.1. The van der Waals surface area contributed by atoms with E-state index in [0.29, 0.717) is 43.9 Å². The van der Waals surface area contributed by atoms with E-state index in [1.807, 2.05) is 72.8 Å². The second-order valence-electron chi connectivity index (χ2n) is 24.2. The number of aromatic nitrogens is 4. The van der Waals surface area contributed by atoms with E-state index in [0.717, 1.165) is 67.1 Å². The molecule has 20 aromatic rings. The number of nitrogens with zero attached hydrogens (tertiary/aromatic N) is 4. The minimum Gasteiger partial charge on any atom is -0.456 e. The first-order chi connectivity index (χ1) is 46.5. The highest BCUT2D eigenvalue weighted by atomic mass is 16.3. The standard InChI is InChI=1S/C49H30N2O2.C37H22N2O2/c52-49-41-27-21-34(32-19-25-36(26-20-32)51-45-15-7-3-11-39(45)40-12-4-8-16-46(40)51)30-48(41)53-47-28-22-33(29-42(47)49)31-17-23-35(24-18-31)50-43-13-5-1-9-37(43)38-10-2-6-14-44(38)50;40-37-29-21-23(38-31-13-5-1-9-25(31)26-10-2-6-14-32(26)38)17-19-35(29)41-36-20-18-24(22-30(36)37)39-33-15-7-3-11-27(33)28-12-4-8-16-34(28)39/h1-30H;1-22H. The lowest BCUT2D eigenvalue weighted by Gasteiger charge is -2.11. The summed E-state index contributed by atoms with van der Waals surface area (Å²) in [5.41, 5.74) is 19.5. The maximum Gasteiger partial charge on any atom is 0.200 e. The highest BCUT2D eigenvalue weighted by molar-refractivity contribution is 6.13. The van der Waals surface area contributed by atoms with Crippen LogP contribution in [0, 0.1) is 0 Å². The number of rotatable bonds is 6. The first-order valence-electron chi connectivity index (χ1n) is 31.6. The molecule has 0 saturated heterocycles. The van der Waals surface area contributed by atoms with Gasteiger partial charge in [-0.15, -0.1) is 0 Å². The van der Waals surface area contributed by atoms with Gasteiger partial charge in [0.2, 0.25) is 10.9 Å². The molecule has 8 nitrogen and oxygen atoms in total. The van der Waals surface area contributed by atoms with Gasteiger partial charge in [0.05, 0.1) is 65.7 Å². The van der Waals surface area contributed by atoms with Crippen LogP contribution in [0.1, 0.15) is 0 Å². The summed E-state index contributed by atoms with van der Waals surface area (Å²) in [4.78, 5) is 28.0. The molecule has 0 atom stereocenters. The Hall–Kier alpha value is -12.8. The summed E-state index contributed by atoms with van der Waals surface area (Å²) in [5, 5.41) is 12.0. The van der Waals surface area contributed by atoms with E-state index in [9.17, 15) is 9.59 Å². The first-order valence-corrected chi connectivity index (χ1v) is 31.6. The quantitative estimate of drug-likeness (QED) is 0.155. The maximum atomic E-state index is 14.1. The minimum absolute atomic E-state index is 0.0294. The molecular weight excluding hydrogens is 1150 g/mol. The van der Waals surface area contributed by atoms with Gasteiger partial charge in [-0.05, 0) is 156 Å². The van der Waals surface area contributed by atoms with Gasteiger partial charge in [-0.25, -0.2) is 0 Å². The van der Waals surface area contributed by atoms with Crippen molar-refractivity contribution in [1.82, 2.24) is 18.3 Å². The van der Waals surface area contributed by atoms with Crippen LogP contribution < -0.4 is 10.9 Å². The number of fused-ring (bicyclic) bond motifs is 16. The lowest BCUT2D eigenvalue weighted by atomic mass is 10.0. The Bertz CT molecular complexity index is 6270.